The summed E-state index contributed by atoms with van der Waals surface area (Å²) in [6.07, 6.45) is 1.71. The third-order valence-corrected chi connectivity index (χ3v) is 3.39. The number of esters is 1. The molecule has 0 radical (unpaired) electrons. The summed E-state index contributed by atoms with van der Waals surface area (Å²) in [6.45, 7) is 3.95. The van der Waals surface area contributed by atoms with E-state index in [1.165, 1.54) is 24.6 Å². The van der Waals surface area contributed by atoms with Crippen molar-refractivity contribution >= 4 is 17.3 Å². The Morgan fingerprint density at radius 3 is 2.93 bits per heavy atom. The molecule has 5 heteroatoms. The van der Waals surface area contributed by atoms with Gasteiger partial charge in [-0.3, -0.25) is 0 Å². The molecule has 0 aliphatic carbocycles. The number of methoxy groups -OCH3 is 1. The lowest BCUT2D eigenvalue weighted by Gasteiger charge is -2.13. The van der Waals surface area contributed by atoms with Gasteiger partial charge in [0.1, 0.15) is 16.0 Å². The molecule has 2 unspecified atom stereocenters. The average molecular weight is 229 g/mol. The predicted molar refractivity (Wildman–Crippen MR) is 57.9 cm³/mol. The van der Waals surface area contributed by atoms with Crippen LogP contribution in [0.5, 0.6) is 0 Å². The van der Waals surface area contributed by atoms with Gasteiger partial charge in [0, 0.05) is 0 Å². The molecule has 15 heavy (non-hydrogen) atoms. The lowest BCUT2D eigenvalue weighted by atomic mass is 10.0. The van der Waals surface area contributed by atoms with Crippen LogP contribution >= 0.6 is 11.3 Å². The van der Waals surface area contributed by atoms with Crippen LogP contribution in [0.4, 0.5) is 0 Å². The lowest BCUT2D eigenvalue weighted by molar-refractivity contribution is 0.0606. The second-order valence-electron chi connectivity index (χ2n) is 3.38. The number of ether oxygens (including phenoxy) is 1. The molecule has 0 saturated carbocycles. The first-order valence-electron chi connectivity index (χ1n) is 4.82. The topological polar surface area (TPSA) is 59.4 Å². The first-order valence-corrected chi connectivity index (χ1v) is 5.63. The minimum absolute atomic E-state index is 0.140. The van der Waals surface area contributed by atoms with Crippen molar-refractivity contribution in [3.63, 3.8) is 0 Å². The fourth-order valence-electron chi connectivity index (χ4n) is 1.09. The summed E-state index contributed by atoms with van der Waals surface area (Å²) in [7, 11) is 1.33. The highest BCUT2D eigenvalue weighted by Gasteiger charge is 2.20. The summed E-state index contributed by atoms with van der Waals surface area (Å²) >= 11 is 1.18. The number of aromatic nitrogens is 1. The van der Waals surface area contributed by atoms with Crippen LogP contribution in [0.1, 0.15) is 41.1 Å². The zero-order valence-electron chi connectivity index (χ0n) is 9.06. The normalized spacial score (nSPS) is 14.7. The second-order valence-corrected chi connectivity index (χ2v) is 4.45. The lowest BCUT2D eigenvalue weighted by Crippen LogP contribution is -2.07. The molecule has 4 nitrogen and oxygen atoms in total. The van der Waals surface area contributed by atoms with E-state index in [2.05, 4.69) is 9.72 Å². The van der Waals surface area contributed by atoms with Crippen molar-refractivity contribution in [2.24, 2.45) is 5.92 Å². The van der Waals surface area contributed by atoms with Crippen LogP contribution in [-0.4, -0.2) is 23.2 Å². The highest BCUT2D eigenvalue weighted by molar-refractivity contribution is 7.13. The van der Waals surface area contributed by atoms with E-state index in [1.54, 1.807) is 0 Å². The molecule has 0 aliphatic rings. The van der Waals surface area contributed by atoms with Crippen molar-refractivity contribution in [2.45, 2.75) is 26.4 Å². The smallest absolute Gasteiger partial charge is 0.349 e. The largest absolute Gasteiger partial charge is 0.465 e. The summed E-state index contributed by atoms with van der Waals surface area (Å²) < 4.78 is 4.57. The average Bonchev–Trinajstić information content (AvgIpc) is 2.75. The Balaban J connectivity index is 2.79. The van der Waals surface area contributed by atoms with Gasteiger partial charge in [-0.15, -0.1) is 11.3 Å². The Bertz CT molecular complexity index is 337. The molecule has 0 bridgehead atoms. The Labute approximate surface area is 92.9 Å². The molecule has 0 aromatic carbocycles. The molecule has 0 saturated heterocycles. The minimum Gasteiger partial charge on any atom is -0.465 e. The Hall–Kier alpha value is -0.940. The summed E-state index contributed by atoms with van der Waals surface area (Å²) in [4.78, 5) is 15.6. The van der Waals surface area contributed by atoms with Gasteiger partial charge < -0.3 is 9.84 Å². The number of rotatable bonds is 4. The van der Waals surface area contributed by atoms with Crippen LogP contribution in [0.2, 0.25) is 0 Å². The zero-order chi connectivity index (χ0) is 11.4. The maximum absolute atomic E-state index is 11.2. The van der Waals surface area contributed by atoms with Gasteiger partial charge in [0.05, 0.1) is 13.3 Å². The number of carbonyl (C=O) groups is 1. The fraction of sp³-hybridized carbons (Fsp3) is 0.600. The first kappa shape index (κ1) is 12.1. The van der Waals surface area contributed by atoms with E-state index in [0.717, 1.165) is 6.42 Å². The van der Waals surface area contributed by atoms with Crippen LogP contribution in [-0.2, 0) is 4.74 Å². The molecular formula is C10H15NO3S. The number of nitrogens with zero attached hydrogens (tertiary/aromatic N) is 1. The fourth-order valence-corrected chi connectivity index (χ4v) is 2.04. The highest BCUT2D eigenvalue weighted by atomic mass is 32.1. The molecular weight excluding hydrogens is 214 g/mol. The number of hydrogen-bond acceptors (Lipinski definition) is 5. The van der Waals surface area contributed by atoms with Crippen LogP contribution in [0.3, 0.4) is 0 Å². The molecule has 1 aromatic heterocycles. The van der Waals surface area contributed by atoms with Crippen LogP contribution in [0, 0.1) is 5.92 Å². The molecule has 0 amide bonds. The third kappa shape index (κ3) is 2.76. The van der Waals surface area contributed by atoms with Gasteiger partial charge in [-0.1, -0.05) is 20.3 Å². The number of carbonyl (C=O) groups excluding carboxylic acids is 1. The maximum atomic E-state index is 11.2. The molecule has 1 N–H and O–H groups in total. The highest BCUT2D eigenvalue weighted by Crippen LogP contribution is 2.27. The molecule has 2 atom stereocenters. The van der Waals surface area contributed by atoms with Crippen molar-refractivity contribution in [1.82, 2.24) is 4.98 Å². The van der Waals surface area contributed by atoms with E-state index in [4.69, 9.17) is 0 Å². The Morgan fingerprint density at radius 2 is 2.40 bits per heavy atom. The van der Waals surface area contributed by atoms with Crippen LogP contribution < -0.4 is 0 Å². The number of hydrogen-bond donors (Lipinski definition) is 1. The van der Waals surface area contributed by atoms with E-state index >= 15 is 0 Å². The third-order valence-electron chi connectivity index (χ3n) is 2.35. The number of aliphatic hydroxyl groups is 1. The van der Waals surface area contributed by atoms with Crippen LogP contribution in [0.15, 0.2) is 6.20 Å². The molecule has 0 fully saturated rings. The summed E-state index contributed by atoms with van der Waals surface area (Å²) in [5.74, 6) is -0.267. The maximum Gasteiger partial charge on any atom is 0.349 e. The van der Waals surface area contributed by atoms with Gasteiger partial charge in [0.25, 0.3) is 0 Å². The van der Waals surface area contributed by atoms with Gasteiger partial charge in [-0.25, -0.2) is 9.78 Å². The van der Waals surface area contributed by atoms with E-state index in [0.29, 0.717) is 9.88 Å². The van der Waals surface area contributed by atoms with Crippen LogP contribution in [0.25, 0.3) is 0 Å². The summed E-state index contributed by atoms with van der Waals surface area (Å²) in [5, 5.41) is 10.4. The van der Waals surface area contributed by atoms with Gasteiger partial charge in [-0.05, 0) is 5.92 Å². The van der Waals surface area contributed by atoms with E-state index in [1.807, 2.05) is 13.8 Å². The quantitative estimate of drug-likeness (QED) is 0.802. The first-order chi connectivity index (χ1) is 7.10. The van der Waals surface area contributed by atoms with Crippen molar-refractivity contribution in [1.29, 1.82) is 0 Å². The number of thiazole rings is 1. The van der Waals surface area contributed by atoms with Gasteiger partial charge >= 0.3 is 5.97 Å². The number of aliphatic hydroxyl groups excluding tert-OH is 1. The molecule has 0 aliphatic heterocycles. The van der Waals surface area contributed by atoms with E-state index in [-0.39, 0.29) is 5.92 Å². The standard InChI is InChI=1S/C10H15NO3S/c1-4-6(2)8(12)9-11-5-7(15-9)10(13)14-3/h5-6,8,12H,4H2,1-3H3. The predicted octanol–water partition coefficient (Wildman–Crippen LogP) is 2.01. The van der Waals surface area contributed by atoms with Gasteiger partial charge in [0.2, 0.25) is 0 Å². The van der Waals surface area contributed by atoms with Crippen molar-refractivity contribution in [3.8, 4) is 0 Å². The van der Waals surface area contributed by atoms with Gasteiger partial charge in [0.15, 0.2) is 0 Å². The summed E-state index contributed by atoms with van der Waals surface area (Å²) in [6, 6.07) is 0. The molecule has 1 aromatic rings. The second kappa shape index (κ2) is 5.23. The van der Waals surface area contributed by atoms with Gasteiger partial charge in [-0.2, -0.15) is 0 Å². The molecule has 0 spiro atoms. The van der Waals surface area contributed by atoms with Crippen molar-refractivity contribution in [2.75, 3.05) is 7.11 Å². The molecule has 1 rings (SSSR count). The minimum atomic E-state index is -0.599. The monoisotopic (exact) mass is 229 g/mol. The summed E-state index contributed by atoms with van der Waals surface area (Å²) in [5.41, 5.74) is 0. The van der Waals surface area contributed by atoms with E-state index in [9.17, 15) is 9.90 Å². The van der Waals surface area contributed by atoms with Crippen molar-refractivity contribution < 1.29 is 14.6 Å². The molecule has 1 heterocycles. The van der Waals surface area contributed by atoms with Crippen molar-refractivity contribution in [3.05, 3.63) is 16.1 Å². The Kier molecular flexibility index (Phi) is 4.23. The van der Waals surface area contributed by atoms with E-state index < -0.39 is 12.1 Å². The zero-order valence-corrected chi connectivity index (χ0v) is 9.87. The Morgan fingerprint density at radius 1 is 1.73 bits per heavy atom. The molecule has 84 valence electrons. The SMILES string of the molecule is CCC(C)C(O)c1ncc(C(=O)OC)s1.